The van der Waals surface area contributed by atoms with Crippen molar-refractivity contribution in [3.8, 4) is 0 Å². The van der Waals surface area contributed by atoms with E-state index >= 15 is 0 Å². The first-order chi connectivity index (χ1) is 6.90. The van der Waals surface area contributed by atoms with Gasteiger partial charge in [-0.2, -0.15) is 0 Å². The normalized spacial score (nSPS) is 18.6. The van der Waals surface area contributed by atoms with Crippen LogP contribution in [-0.4, -0.2) is 40.6 Å². The highest BCUT2D eigenvalue weighted by molar-refractivity contribution is 4.98. The molecule has 1 aromatic heterocycles. The summed E-state index contributed by atoms with van der Waals surface area (Å²) in [5.74, 6) is 0. The SMILES string of the molecule is CCn1cncc1CN1CCNCC1. The number of rotatable bonds is 3. The van der Waals surface area contributed by atoms with Gasteiger partial charge in [-0.25, -0.2) is 4.98 Å². The van der Waals surface area contributed by atoms with Crippen LogP contribution in [0.1, 0.15) is 12.6 Å². The van der Waals surface area contributed by atoms with E-state index in [2.05, 4.69) is 26.7 Å². The van der Waals surface area contributed by atoms with Crippen LogP contribution >= 0.6 is 0 Å². The lowest BCUT2D eigenvalue weighted by Gasteiger charge is -2.27. The predicted molar refractivity (Wildman–Crippen MR) is 56.0 cm³/mol. The Morgan fingerprint density at radius 3 is 2.93 bits per heavy atom. The van der Waals surface area contributed by atoms with Crippen LogP contribution in [0.15, 0.2) is 12.5 Å². The summed E-state index contributed by atoms with van der Waals surface area (Å²) in [6.45, 7) is 8.73. The van der Waals surface area contributed by atoms with Crippen molar-refractivity contribution in [2.24, 2.45) is 0 Å². The Kier molecular flexibility index (Phi) is 3.16. The second-order valence-electron chi connectivity index (χ2n) is 3.70. The largest absolute Gasteiger partial charge is 0.334 e. The van der Waals surface area contributed by atoms with Crippen molar-refractivity contribution < 1.29 is 0 Å². The molecule has 2 heterocycles. The Morgan fingerprint density at radius 1 is 1.43 bits per heavy atom. The molecule has 4 heteroatoms. The van der Waals surface area contributed by atoms with Crippen LogP contribution in [0.3, 0.4) is 0 Å². The third kappa shape index (κ3) is 2.13. The zero-order valence-corrected chi connectivity index (χ0v) is 8.74. The first-order valence-electron chi connectivity index (χ1n) is 5.32. The van der Waals surface area contributed by atoms with Crippen LogP contribution in [0, 0.1) is 0 Å². The lowest BCUT2D eigenvalue weighted by atomic mass is 10.3. The minimum absolute atomic E-state index is 1.02. The Labute approximate surface area is 84.9 Å². The van der Waals surface area contributed by atoms with E-state index in [-0.39, 0.29) is 0 Å². The maximum atomic E-state index is 4.18. The van der Waals surface area contributed by atoms with E-state index in [0.717, 1.165) is 39.3 Å². The summed E-state index contributed by atoms with van der Waals surface area (Å²) in [4.78, 5) is 6.65. The molecule has 0 atom stereocenters. The number of hydrogen-bond acceptors (Lipinski definition) is 3. The molecule has 4 nitrogen and oxygen atoms in total. The van der Waals surface area contributed by atoms with Gasteiger partial charge in [0.1, 0.15) is 0 Å². The van der Waals surface area contributed by atoms with E-state index in [9.17, 15) is 0 Å². The molecule has 0 aromatic carbocycles. The second kappa shape index (κ2) is 4.57. The van der Waals surface area contributed by atoms with E-state index in [1.54, 1.807) is 0 Å². The molecule has 14 heavy (non-hydrogen) atoms. The van der Waals surface area contributed by atoms with E-state index in [4.69, 9.17) is 0 Å². The first-order valence-corrected chi connectivity index (χ1v) is 5.32. The van der Waals surface area contributed by atoms with Gasteiger partial charge in [0, 0.05) is 45.5 Å². The first kappa shape index (κ1) is 9.68. The van der Waals surface area contributed by atoms with Gasteiger partial charge in [-0.05, 0) is 6.92 Å². The molecule has 2 rings (SSSR count). The van der Waals surface area contributed by atoms with Crippen molar-refractivity contribution in [1.29, 1.82) is 0 Å². The van der Waals surface area contributed by atoms with Gasteiger partial charge in [0.25, 0.3) is 0 Å². The third-order valence-electron chi connectivity index (χ3n) is 2.73. The Morgan fingerprint density at radius 2 is 2.21 bits per heavy atom. The van der Waals surface area contributed by atoms with Crippen LogP contribution in [-0.2, 0) is 13.1 Å². The fourth-order valence-electron chi connectivity index (χ4n) is 1.86. The summed E-state index contributed by atoms with van der Waals surface area (Å²) in [5.41, 5.74) is 1.33. The topological polar surface area (TPSA) is 33.1 Å². The predicted octanol–water partition coefficient (Wildman–Crippen LogP) is 0.308. The molecule has 1 fully saturated rings. The van der Waals surface area contributed by atoms with Crippen molar-refractivity contribution in [3.63, 3.8) is 0 Å². The molecule has 0 saturated carbocycles. The Hall–Kier alpha value is -0.870. The van der Waals surface area contributed by atoms with E-state index in [1.807, 2.05) is 12.5 Å². The van der Waals surface area contributed by atoms with Crippen LogP contribution < -0.4 is 5.32 Å². The molecule has 0 aliphatic carbocycles. The maximum Gasteiger partial charge on any atom is 0.0948 e. The molecule has 78 valence electrons. The molecule has 1 saturated heterocycles. The summed E-state index contributed by atoms with van der Waals surface area (Å²) >= 11 is 0. The molecule has 1 aromatic rings. The molecule has 1 aliphatic heterocycles. The number of aryl methyl sites for hydroxylation is 1. The summed E-state index contributed by atoms with van der Waals surface area (Å²) in [6, 6.07) is 0. The average molecular weight is 194 g/mol. The number of hydrogen-bond donors (Lipinski definition) is 1. The Balaban J connectivity index is 1.95. The summed E-state index contributed by atoms with van der Waals surface area (Å²) in [7, 11) is 0. The highest BCUT2D eigenvalue weighted by Crippen LogP contribution is 2.05. The summed E-state index contributed by atoms with van der Waals surface area (Å²) in [6.07, 6.45) is 3.89. The summed E-state index contributed by atoms with van der Waals surface area (Å²) in [5, 5.41) is 3.36. The lowest BCUT2D eigenvalue weighted by Crippen LogP contribution is -2.43. The third-order valence-corrected chi connectivity index (χ3v) is 2.73. The van der Waals surface area contributed by atoms with Gasteiger partial charge in [0.2, 0.25) is 0 Å². The van der Waals surface area contributed by atoms with E-state index in [0.29, 0.717) is 0 Å². The van der Waals surface area contributed by atoms with Crippen molar-refractivity contribution in [1.82, 2.24) is 19.8 Å². The monoisotopic (exact) mass is 194 g/mol. The zero-order valence-electron chi connectivity index (χ0n) is 8.74. The molecular formula is C10H18N4. The quantitative estimate of drug-likeness (QED) is 0.751. The second-order valence-corrected chi connectivity index (χ2v) is 3.70. The minimum Gasteiger partial charge on any atom is -0.334 e. The van der Waals surface area contributed by atoms with Gasteiger partial charge in [0.05, 0.1) is 12.0 Å². The molecular weight excluding hydrogens is 176 g/mol. The standard InChI is InChI=1S/C10H18N4/c1-2-14-9-12-7-10(14)8-13-5-3-11-4-6-13/h7,9,11H,2-6,8H2,1H3. The number of nitrogens with zero attached hydrogens (tertiary/aromatic N) is 3. The van der Waals surface area contributed by atoms with Crippen LogP contribution in [0.5, 0.6) is 0 Å². The van der Waals surface area contributed by atoms with Gasteiger partial charge in [0.15, 0.2) is 0 Å². The lowest BCUT2D eigenvalue weighted by molar-refractivity contribution is 0.228. The van der Waals surface area contributed by atoms with Crippen LogP contribution in [0.4, 0.5) is 0 Å². The number of nitrogens with one attached hydrogen (secondary N) is 1. The molecule has 1 aliphatic rings. The molecule has 0 unspecified atom stereocenters. The van der Waals surface area contributed by atoms with Crippen molar-refractivity contribution in [3.05, 3.63) is 18.2 Å². The number of aromatic nitrogens is 2. The molecule has 0 spiro atoms. The number of piperazine rings is 1. The highest BCUT2D eigenvalue weighted by Gasteiger charge is 2.11. The van der Waals surface area contributed by atoms with Crippen LogP contribution in [0.25, 0.3) is 0 Å². The molecule has 1 N–H and O–H groups in total. The van der Waals surface area contributed by atoms with Gasteiger partial charge < -0.3 is 9.88 Å². The van der Waals surface area contributed by atoms with E-state index in [1.165, 1.54) is 5.69 Å². The van der Waals surface area contributed by atoms with Crippen LogP contribution in [0.2, 0.25) is 0 Å². The molecule has 0 amide bonds. The van der Waals surface area contributed by atoms with Crippen molar-refractivity contribution >= 4 is 0 Å². The highest BCUT2D eigenvalue weighted by atomic mass is 15.2. The fraction of sp³-hybridized carbons (Fsp3) is 0.700. The number of imidazole rings is 1. The van der Waals surface area contributed by atoms with Crippen molar-refractivity contribution in [2.45, 2.75) is 20.0 Å². The van der Waals surface area contributed by atoms with Gasteiger partial charge in [-0.1, -0.05) is 0 Å². The average Bonchev–Trinajstić information content (AvgIpc) is 2.67. The fourth-order valence-corrected chi connectivity index (χ4v) is 1.86. The zero-order chi connectivity index (χ0) is 9.80. The van der Waals surface area contributed by atoms with Gasteiger partial charge in [-0.15, -0.1) is 0 Å². The molecule has 0 bridgehead atoms. The maximum absolute atomic E-state index is 4.18. The van der Waals surface area contributed by atoms with Crippen molar-refractivity contribution in [2.75, 3.05) is 26.2 Å². The Bertz CT molecular complexity index is 275. The summed E-state index contributed by atoms with van der Waals surface area (Å²) < 4.78 is 2.21. The van der Waals surface area contributed by atoms with E-state index < -0.39 is 0 Å². The smallest absolute Gasteiger partial charge is 0.0948 e. The minimum atomic E-state index is 1.02. The van der Waals surface area contributed by atoms with Gasteiger partial charge in [-0.3, -0.25) is 4.90 Å². The molecule has 0 radical (unpaired) electrons. The van der Waals surface area contributed by atoms with Gasteiger partial charge >= 0.3 is 0 Å².